The number of hydrogen-bond donors (Lipinski definition) is 2. The van der Waals surface area contributed by atoms with Gasteiger partial charge in [-0.3, -0.25) is 0 Å². The number of nitrogens with zero attached hydrogens (tertiary/aromatic N) is 3. The van der Waals surface area contributed by atoms with Crippen LogP contribution in [-0.4, -0.2) is 41.2 Å². The summed E-state index contributed by atoms with van der Waals surface area (Å²) in [6.45, 7) is 3.88. The Morgan fingerprint density at radius 1 is 1.19 bits per heavy atom. The van der Waals surface area contributed by atoms with Gasteiger partial charge in [0.15, 0.2) is 12.6 Å². The predicted molar refractivity (Wildman–Crippen MR) is 114 cm³/mol. The molecule has 0 bridgehead atoms. The number of benzene rings is 1. The Balaban J connectivity index is 1.62. The van der Waals surface area contributed by atoms with Gasteiger partial charge in [-0.05, 0) is 37.6 Å². The number of ether oxygens (including phenoxy) is 1. The van der Waals surface area contributed by atoms with Crippen LogP contribution in [0.15, 0.2) is 53.8 Å². The molecule has 0 amide bonds. The number of rotatable bonds is 8. The average molecular weight is 433 g/mol. The first kappa shape index (κ1) is 22.5. The van der Waals surface area contributed by atoms with E-state index in [-0.39, 0.29) is 12.3 Å². The van der Waals surface area contributed by atoms with Crippen LogP contribution in [-0.2, 0) is 13.0 Å². The van der Waals surface area contributed by atoms with E-state index in [2.05, 4.69) is 20.6 Å². The number of guanidine groups is 1. The molecule has 0 aliphatic rings. The molecule has 9 heteroatoms. The molecule has 0 atom stereocenters. The number of alkyl halides is 3. The maximum atomic E-state index is 12.6. The summed E-state index contributed by atoms with van der Waals surface area (Å²) in [6.07, 6.45) is 0.248. The quantitative estimate of drug-likeness (QED) is 0.418. The lowest BCUT2D eigenvalue weighted by Gasteiger charge is -2.14. The molecule has 0 saturated heterocycles. The Labute approximate surface area is 179 Å². The monoisotopic (exact) mass is 433 g/mol. The van der Waals surface area contributed by atoms with Crippen LogP contribution >= 0.6 is 0 Å². The molecule has 0 radical (unpaired) electrons. The van der Waals surface area contributed by atoms with Crippen LogP contribution in [0.1, 0.15) is 23.7 Å². The smallest absolute Gasteiger partial charge is 0.422 e. The number of halogens is 3. The van der Waals surface area contributed by atoms with Crippen LogP contribution in [0.5, 0.6) is 5.75 Å². The number of nitrogens with one attached hydrogen (secondary N) is 2. The second-order valence-corrected chi connectivity index (χ2v) is 7.09. The van der Waals surface area contributed by atoms with Gasteiger partial charge in [-0.1, -0.05) is 18.2 Å². The van der Waals surface area contributed by atoms with Crippen molar-refractivity contribution in [2.24, 2.45) is 4.99 Å². The summed E-state index contributed by atoms with van der Waals surface area (Å²) < 4.78 is 44.6. The Morgan fingerprint density at radius 2 is 2.03 bits per heavy atom. The fourth-order valence-electron chi connectivity index (χ4n) is 3.01. The minimum atomic E-state index is -4.39. The molecule has 0 aliphatic carbocycles. The summed E-state index contributed by atoms with van der Waals surface area (Å²) >= 11 is 0. The molecule has 31 heavy (non-hydrogen) atoms. The third-order valence-corrected chi connectivity index (χ3v) is 4.45. The van der Waals surface area contributed by atoms with Crippen molar-refractivity contribution < 1.29 is 17.9 Å². The molecule has 2 aromatic heterocycles. The molecule has 3 rings (SSSR count). The SMILES string of the molecule is CCNC(=NCc1ccc(C)cc1OCC(F)(F)F)NCCc1cn2ccccc2n1. The number of imidazole rings is 1. The Morgan fingerprint density at radius 3 is 2.77 bits per heavy atom. The first-order valence-electron chi connectivity index (χ1n) is 10.1. The second-order valence-electron chi connectivity index (χ2n) is 7.09. The van der Waals surface area contributed by atoms with Crippen LogP contribution in [0, 0.1) is 6.92 Å². The molecule has 0 aliphatic heterocycles. The fraction of sp³-hybridized carbons (Fsp3) is 0.364. The van der Waals surface area contributed by atoms with Crippen LogP contribution < -0.4 is 15.4 Å². The predicted octanol–water partition coefficient (Wildman–Crippen LogP) is 3.88. The molecular weight excluding hydrogens is 407 g/mol. The maximum absolute atomic E-state index is 12.6. The van der Waals surface area contributed by atoms with Gasteiger partial charge in [0.05, 0.1) is 12.2 Å². The van der Waals surface area contributed by atoms with Crippen LogP contribution in [0.4, 0.5) is 13.2 Å². The molecule has 3 aromatic rings. The molecule has 0 spiro atoms. The van der Waals surface area contributed by atoms with Gasteiger partial charge in [-0.15, -0.1) is 0 Å². The van der Waals surface area contributed by atoms with E-state index < -0.39 is 12.8 Å². The lowest BCUT2D eigenvalue weighted by atomic mass is 10.1. The van der Waals surface area contributed by atoms with Crippen molar-refractivity contribution in [2.45, 2.75) is 33.0 Å². The minimum absolute atomic E-state index is 0.192. The van der Waals surface area contributed by atoms with Gasteiger partial charge >= 0.3 is 6.18 Å². The van der Waals surface area contributed by atoms with Gasteiger partial charge < -0.3 is 19.8 Å². The van der Waals surface area contributed by atoms with E-state index in [1.807, 2.05) is 48.0 Å². The average Bonchev–Trinajstić information content (AvgIpc) is 3.13. The summed E-state index contributed by atoms with van der Waals surface area (Å²) in [5.74, 6) is 0.773. The zero-order valence-electron chi connectivity index (χ0n) is 17.5. The van der Waals surface area contributed by atoms with Crippen LogP contribution in [0.2, 0.25) is 0 Å². The van der Waals surface area contributed by atoms with Gasteiger partial charge in [0, 0.05) is 37.5 Å². The molecule has 0 saturated carbocycles. The van der Waals surface area contributed by atoms with E-state index in [1.54, 1.807) is 19.1 Å². The molecule has 0 unspecified atom stereocenters. The van der Waals surface area contributed by atoms with Gasteiger partial charge in [0.1, 0.15) is 11.4 Å². The molecule has 2 heterocycles. The van der Waals surface area contributed by atoms with E-state index in [9.17, 15) is 13.2 Å². The zero-order valence-corrected chi connectivity index (χ0v) is 17.5. The number of aryl methyl sites for hydroxylation is 1. The first-order valence-corrected chi connectivity index (χ1v) is 10.1. The summed E-state index contributed by atoms with van der Waals surface area (Å²) in [7, 11) is 0. The molecule has 6 nitrogen and oxygen atoms in total. The standard InChI is InChI=1S/C22H26F3N5O/c1-3-26-21(27-10-9-18-14-30-11-5-4-6-20(30)29-18)28-13-17-8-7-16(2)12-19(17)31-15-22(23,24)25/h4-8,11-12,14H,3,9-10,13,15H2,1-2H3,(H2,26,27,28). The molecule has 1 aromatic carbocycles. The fourth-order valence-corrected chi connectivity index (χ4v) is 3.01. The summed E-state index contributed by atoms with van der Waals surface area (Å²) in [4.78, 5) is 9.06. The number of aliphatic imine (C=N–C) groups is 1. The largest absolute Gasteiger partial charge is 0.484 e. The van der Waals surface area contributed by atoms with Crippen molar-refractivity contribution in [1.29, 1.82) is 0 Å². The van der Waals surface area contributed by atoms with Crippen molar-refractivity contribution in [1.82, 2.24) is 20.0 Å². The molecule has 0 fully saturated rings. The summed E-state index contributed by atoms with van der Waals surface area (Å²) in [5.41, 5.74) is 3.26. The van der Waals surface area contributed by atoms with Crippen molar-refractivity contribution in [2.75, 3.05) is 19.7 Å². The highest BCUT2D eigenvalue weighted by atomic mass is 19.4. The summed E-state index contributed by atoms with van der Waals surface area (Å²) in [5, 5.41) is 6.38. The summed E-state index contributed by atoms with van der Waals surface area (Å²) in [6, 6.07) is 11.0. The Hall–Kier alpha value is -3.23. The number of fused-ring (bicyclic) bond motifs is 1. The van der Waals surface area contributed by atoms with Gasteiger partial charge in [-0.2, -0.15) is 13.2 Å². The van der Waals surface area contributed by atoms with Gasteiger partial charge in [0.25, 0.3) is 0 Å². The van der Waals surface area contributed by atoms with Crippen LogP contribution in [0.3, 0.4) is 0 Å². The molecule has 166 valence electrons. The van der Waals surface area contributed by atoms with Crippen molar-refractivity contribution in [3.05, 3.63) is 65.6 Å². The van der Waals surface area contributed by atoms with Crippen molar-refractivity contribution >= 4 is 11.6 Å². The third-order valence-electron chi connectivity index (χ3n) is 4.45. The Kier molecular flexibility index (Phi) is 7.38. The highest BCUT2D eigenvalue weighted by Crippen LogP contribution is 2.24. The van der Waals surface area contributed by atoms with E-state index in [1.165, 1.54) is 0 Å². The van der Waals surface area contributed by atoms with E-state index in [0.29, 0.717) is 31.0 Å². The van der Waals surface area contributed by atoms with Crippen LogP contribution in [0.25, 0.3) is 5.65 Å². The van der Waals surface area contributed by atoms with Crippen molar-refractivity contribution in [3.63, 3.8) is 0 Å². The van der Waals surface area contributed by atoms with Gasteiger partial charge in [0.2, 0.25) is 0 Å². The number of pyridine rings is 1. The first-order chi connectivity index (χ1) is 14.8. The molecule has 2 N–H and O–H groups in total. The maximum Gasteiger partial charge on any atom is 0.422 e. The van der Waals surface area contributed by atoms with E-state index in [0.717, 1.165) is 16.9 Å². The van der Waals surface area contributed by atoms with E-state index >= 15 is 0 Å². The number of aromatic nitrogens is 2. The van der Waals surface area contributed by atoms with Crippen molar-refractivity contribution in [3.8, 4) is 5.75 Å². The normalized spacial score (nSPS) is 12.2. The minimum Gasteiger partial charge on any atom is -0.484 e. The number of hydrogen-bond acceptors (Lipinski definition) is 3. The highest BCUT2D eigenvalue weighted by molar-refractivity contribution is 5.79. The molecular formula is C22H26F3N5O. The Bertz CT molecular complexity index is 996. The lowest BCUT2D eigenvalue weighted by Crippen LogP contribution is -2.38. The highest BCUT2D eigenvalue weighted by Gasteiger charge is 2.28. The van der Waals surface area contributed by atoms with E-state index in [4.69, 9.17) is 4.74 Å². The van der Waals surface area contributed by atoms with Gasteiger partial charge in [-0.25, -0.2) is 9.98 Å². The third kappa shape index (κ3) is 6.91. The topological polar surface area (TPSA) is 63.0 Å². The lowest BCUT2D eigenvalue weighted by molar-refractivity contribution is -0.153. The second kappa shape index (κ2) is 10.2. The zero-order chi connectivity index (χ0) is 22.3.